The van der Waals surface area contributed by atoms with Crippen LogP contribution in [-0.4, -0.2) is 35.9 Å². The van der Waals surface area contributed by atoms with Crippen LogP contribution < -0.4 is 10.6 Å². The van der Waals surface area contributed by atoms with E-state index >= 15 is 0 Å². The average molecular weight is 464 g/mol. The number of halogens is 5. The standard InChI is InChI=1S/C19H18Cl2F3N3O3/c1-18(2)29-9-11(30-18)7-26-17(28)12-8-25-16(6-13(12)19(22,23)24)27-15-4-3-10(20)5-14(15)21/h3-6,8,11H,7,9H2,1-2H3,(H,25,27)(H,26,28). The van der Waals surface area contributed by atoms with Crippen LogP contribution in [0.5, 0.6) is 0 Å². The van der Waals surface area contributed by atoms with Crippen LogP contribution in [0.25, 0.3) is 0 Å². The molecule has 2 N–H and O–H groups in total. The number of amides is 1. The molecule has 1 aliphatic heterocycles. The first-order valence-corrected chi connectivity index (χ1v) is 9.59. The lowest BCUT2D eigenvalue weighted by molar-refractivity contribution is -0.138. The van der Waals surface area contributed by atoms with E-state index in [2.05, 4.69) is 15.6 Å². The van der Waals surface area contributed by atoms with Crippen molar-refractivity contribution in [3.63, 3.8) is 0 Å². The molecular weight excluding hydrogens is 446 g/mol. The maximum atomic E-state index is 13.6. The fourth-order valence-corrected chi connectivity index (χ4v) is 3.29. The average Bonchev–Trinajstić information content (AvgIpc) is 3.00. The number of carbonyl (C=O) groups excluding carboxylic acids is 1. The van der Waals surface area contributed by atoms with E-state index < -0.39 is 35.1 Å². The van der Waals surface area contributed by atoms with Crippen LogP contribution in [0, 0.1) is 0 Å². The fraction of sp³-hybridized carbons (Fsp3) is 0.368. The molecule has 1 aromatic carbocycles. The highest BCUT2D eigenvalue weighted by molar-refractivity contribution is 6.36. The van der Waals surface area contributed by atoms with Gasteiger partial charge in [-0.15, -0.1) is 0 Å². The van der Waals surface area contributed by atoms with Gasteiger partial charge in [-0.2, -0.15) is 13.2 Å². The zero-order chi connectivity index (χ0) is 22.1. The van der Waals surface area contributed by atoms with Crippen LogP contribution in [0.15, 0.2) is 30.5 Å². The Morgan fingerprint density at radius 2 is 2.03 bits per heavy atom. The summed E-state index contributed by atoms with van der Waals surface area (Å²) in [5.74, 6) is -1.85. The minimum atomic E-state index is -4.77. The number of benzene rings is 1. The normalized spacial score (nSPS) is 18.3. The topological polar surface area (TPSA) is 72.5 Å². The molecule has 0 aliphatic carbocycles. The minimum Gasteiger partial charge on any atom is -0.349 e. The Morgan fingerprint density at radius 1 is 1.30 bits per heavy atom. The van der Waals surface area contributed by atoms with Gasteiger partial charge >= 0.3 is 6.18 Å². The predicted molar refractivity (Wildman–Crippen MR) is 106 cm³/mol. The molecule has 0 spiro atoms. The monoisotopic (exact) mass is 463 g/mol. The summed E-state index contributed by atoms with van der Waals surface area (Å²) in [5.41, 5.74) is -1.42. The first-order chi connectivity index (χ1) is 13.9. The maximum Gasteiger partial charge on any atom is 0.417 e. The van der Waals surface area contributed by atoms with Crippen LogP contribution in [0.1, 0.15) is 29.8 Å². The third-order valence-corrected chi connectivity index (χ3v) is 4.75. The van der Waals surface area contributed by atoms with Gasteiger partial charge in [-0.25, -0.2) is 4.98 Å². The molecule has 1 aliphatic rings. The molecule has 1 amide bonds. The second kappa shape index (κ2) is 8.58. The molecular formula is C19H18Cl2F3N3O3. The highest BCUT2D eigenvalue weighted by Gasteiger charge is 2.37. The van der Waals surface area contributed by atoms with E-state index in [1.165, 1.54) is 18.2 Å². The van der Waals surface area contributed by atoms with E-state index in [1.807, 2.05) is 0 Å². The highest BCUT2D eigenvalue weighted by Crippen LogP contribution is 2.35. The molecule has 11 heteroatoms. The SMILES string of the molecule is CC1(C)OCC(CNC(=O)c2cnc(Nc3ccc(Cl)cc3Cl)cc2C(F)(F)F)O1. The van der Waals surface area contributed by atoms with E-state index in [-0.39, 0.29) is 24.0 Å². The number of carbonyl (C=O) groups is 1. The molecule has 1 fully saturated rings. The second-order valence-electron chi connectivity index (χ2n) is 7.02. The summed E-state index contributed by atoms with van der Waals surface area (Å²) in [4.78, 5) is 16.3. The Labute approximate surface area is 180 Å². The molecule has 1 saturated heterocycles. The third-order valence-electron chi connectivity index (χ3n) is 4.21. The molecule has 1 atom stereocenters. The van der Waals surface area contributed by atoms with E-state index in [1.54, 1.807) is 13.8 Å². The number of alkyl halides is 3. The molecule has 2 heterocycles. The van der Waals surface area contributed by atoms with Gasteiger partial charge in [0.2, 0.25) is 0 Å². The lowest BCUT2D eigenvalue weighted by Crippen LogP contribution is -2.35. The molecule has 1 aromatic heterocycles. The first-order valence-electron chi connectivity index (χ1n) is 8.84. The number of pyridine rings is 1. The predicted octanol–water partition coefficient (Wildman–Crippen LogP) is 5.03. The van der Waals surface area contributed by atoms with Crippen molar-refractivity contribution in [3.05, 3.63) is 51.6 Å². The lowest BCUT2D eigenvalue weighted by Gasteiger charge is -2.18. The highest BCUT2D eigenvalue weighted by atomic mass is 35.5. The number of ether oxygens (including phenoxy) is 2. The molecule has 1 unspecified atom stereocenters. The van der Waals surface area contributed by atoms with E-state index in [0.717, 1.165) is 12.3 Å². The molecule has 3 rings (SSSR count). The molecule has 30 heavy (non-hydrogen) atoms. The van der Waals surface area contributed by atoms with Gasteiger partial charge in [-0.05, 0) is 38.1 Å². The van der Waals surface area contributed by atoms with Gasteiger partial charge in [0.15, 0.2) is 5.79 Å². The number of anilines is 2. The summed E-state index contributed by atoms with van der Waals surface area (Å²) in [7, 11) is 0. The molecule has 162 valence electrons. The van der Waals surface area contributed by atoms with Crippen LogP contribution in [0.4, 0.5) is 24.7 Å². The molecule has 2 aromatic rings. The number of hydrogen-bond acceptors (Lipinski definition) is 5. The summed E-state index contributed by atoms with van der Waals surface area (Å²) in [6, 6.07) is 5.22. The van der Waals surface area contributed by atoms with E-state index in [4.69, 9.17) is 32.7 Å². The fourth-order valence-electron chi connectivity index (χ4n) is 2.83. The van der Waals surface area contributed by atoms with Crippen LogP contribution in [-0.2, 0) is 15.7 Å². The first kappa shape index (κ1) is 22.6. The van der Waals surface area contributed by atoms with Crippen molar-refractivity contribution in [2.24, 2.45) is 0 Å². The summed E-state index contributed by atoms with van der Waals surface area (Å²) in [6.07, 6.45) is -4.37. The van der Waals surface area contributed by atoms with Gasteiger partial charge < -0.3 is 20.1 Å². The van der Waals surface area contributed by atoms with E-state index in [0.29, 0.717) is 10.7 Å². The van der Waals surface area contributed by atoms with Crippen molar-refractivity contribution in [1.29, 1.82) is 0 Å². The molecule has 6 nitrogen and oxygen atoms in total. The van der Waals surface area contributed by atoms with Crippen molar-refractivity contribution < 1.29 is 27.4 Å². The van der Waals surface area contributed by atoms with Crippen LogP contribution >= 0.6 is 23.2 Å². The van der Waals surface area contributed by atoms with Gasteiger partial charge in [0, 0.05) is 17.8 Å². The van der Waals surface area contributed by atoms with Crippen molar-refractivity contribution in [3.8, 4) is 0 Å². The zero-order valence-corrected chi connectivity index (χ0v) is 17.5. The molecule has 0 bridgehead atoms. The number of nitrogens with one attached hydrogen (secondary N) is 2. The van der Waals surface area contributed by atoms with Gasteiger partial charge in [0.05, 0.1) is 28.4 Å². The zero-order valence-electron chi connectivity index (χ0n) is 15.9. The summed E-state index contributed by atoms with van der Waals surface area (Å²) in [6.45, 7) is 3.64. The Bertz CT molecular complexity index is 954. The van der Waals surface area contributed by atoms with Crippen molar-refractivity contribution in [1.82, 2.24) is 10.3 Å². The van der Waals surface area contributed by atoms with Crippen LogP contribution in [0.3, 0.4) is 0 Å². The van der Waals surface area contributed by atoms with E-state index in [9.17, 15) is 18.0 Å². The van der Waals surface area contributed by atoms with Crippen molar-refractivity contribution >= 4 is 40.6 Å². The summed E-state index contributed by atoms with van der Waals surface area (Å²) >= 11 is 11.8. The third kappa shape index (κ3) is 5.54. The minimum absolute atomic E-state index is 0.0000550. The number of aromatic nitrogens is 1. The van der Waals surface area contributed by atoms with Gasteiger partial charge in [0.1, 0.15) is 11.9 Å². The van der Waals surface area contributed by atoms with Gasteiger partial charge in [0.25, 0.3) is 5.91 Å². The largest absolute Gasteiger partial charge is 0.417 e. The summed E-state index contributed by atoms with van der Waals surface area (Å²) < 4.78 is 51.6. The van der Waals surface area contributed by atoms with Crippen LogP contribution in [0.2, 0.25) is 10.0 Å². The molecule has 0 radical (unpaired) electrons. The lowest BCUT2D eigenvalue weighted by atomic mass is 10.1. The Morgan fingerprint density at radius 3 is 2.63 bits per heavy atom. The van der Waals surface area contributed by atoms with Gasteiger partial charge in [-0.1, -0.05) is 23.2 Å². The Balaban J connectivity index is 1.78. The van der Waals surface area contributed by atoms with Gasteiger partial charge in [-0.3, -0.25) is 4.79 Å². The number of rotatable bonds is 5. The summed E-state index contributed by atoms with van der Waals surface area (Å²) in [5, 5.41) is 5.72. The second-order valence-corrected chi connectivity index (χ2v) is 7.87. The molecule has 0 saturated carbocycles. The maximum absolute atomic E-state index is 13.6. The Kier molecular flexibility index (Phi) is 6.47. The smallest absolute Gasteiger partial charge is 0.349 e. The van der Waals surface area contributed by atoms with Crippen molar-refractivity contribution in [2.75, 3.05) is 18.5 Å². The quantitative estimate of drug-likeness (QED) is 0.650. The van der Waals surface area contributed by atoms with Crippen molar-refractivity contribution in [2.45, 2.75) is 31.9 Å². The number of nitrogens with zero attached hydrogens (tertiary/aromatic N) is 1. The Hall–Kier alpha value is -2.07. The number of hydrogen-bond donors (Lipinski definition) is 2.